The summed E-state index contributed by atoms with van der Waals surface area (Å²) in [5, 5.41) is 12.4. The van der Waals surface area contributed by atoms with E-state index in [4.69, 9.17) is 10.00 Å². The molecule has 4 heteroatoms. The van der Waals surface area contributed by atoms with Gasteiger partial charge in [-0.05, 0) is 23.6 Å². The van der Waals surface area contributed by atoms with Crippen molar-refractivity contribution >= 4 is 0 Å². The topological polar surface area (TPSA) is 48.3 Å². The van der Waals surface area contributed by atoms with E-state index in [1.807, 2.05) is 0 Å². The van der Waals surface area contributed by atoms with Gasteiger partial charge in [-0.1, -0.05) is 12.1 Å². The van der Waals surface area contributed by atoms with Crippen LogP contribution < -0.4 is 10.1 Å². The quantitative estimate of drug-likeness (QED) is 0.876. The minimum Gasteiger partial charge on any atom is -0.493 e. The molecule has 1 N–H and O–H groups in total. The second-order valence-electron chi connectivity index (χ2n) is 5.18. The highest BCUT2D eigenvalue weighted by molar-refractivity contribution is 5.39. The van der Waals surface area contributed by atoms with Crippen molar-refractivity contribution in [2.45, 2.75) is 18.9 Å². The van der Waals surface area contributed by atoms with Crippen molar-refractivity contribution in [3.8, 4) is 11.8 Å². The van der Waals surface area contributed by atoms with E-state index >= 15 is 0 Å². The fourth-order valence-electron chi connectivity index (χ4n) is 2.81. The molecule has 1 saturated heterocycles. The number of piperazine rings is 1. The number of ether oxygens (including phenoxy) is 1. The molecule has 100 valence electrons. The van der Waals surface area contributed by atoms with E-state index in [1.165, 1.54) is 11.1 Å². The van der Waals surface area contributed by atoms with Gasteiger partial charge in [-0.2, -0.15) is 5.26 Å². The molecule has 1 unspecified atom stereocenters. The number of fused-ring (bicyclic) bond motifs is 1. The summed E-state index contributed by atoms with van der Waals surface area (Å²) in [6.45, 7) is 4.50. The van der Waals surface area contributed by atoms with Crippen LogP contribution in [0, 0.1) is 11.3 Å². The second-order valence-corrected chi connectivity index (χ2v) is 5.18. The minimum atomic E-state index is 0.0199. The normalized spacial score (nSPS) is 22.6. The molecule has 0 spiro atoms. The zero-order valence-corrected chi connectivity index (χ0v) is 11.1. The van der Waals surface area contributed by atoms with Crippen molar-refractivity contribution in [1.29, 1.82) is 5.26 Å². The van der Waals surface area contributed by atoms with E-state index in [0.717, 1.165) is 51.4 Å². The van der Waals surface area contributed by atoms with Gasteiger partial charge in [-0.15, -0.1) is 0 Å². The summed E-state index contributed by atoms with van der Waals surface area (Å²) < 4.78 is 5.52. The molecule has 0 aromatic heterocycles. The number of benzene rings is 1. The molecule has 0 aliphatic carbocycles. The molecular weight excluding hydrogens is 238 g/mol. The molecule has 2 heterocycles. The molecule has 1 aromatic carbocycles. The van der Waals surface area contributed by atoms with Crippen molar-refractivity contribution in [1.82, 2.24) is 10.2 Å². The molecule has 4 nitrogen and oxygen atoms in total. The first-order valence-electron chi connectivity index (χ1n) is 6.96. The molecule has 1 aromatic rings. The second kappa shape index (κ2) is 5.60. The van der Waals surface area contributed by atoms with Crippen LogP contribution in [-0.2, 0) is 12.8 Å². The first kappa shape index (κ1) is 12.5. The van der Waals surface area contributed by atoms with E-state index in [0.29, 0.717) is 0 Å². The Hall–Kier alpha value is -1.57. The molecule has 2 aliphatic heterocycles. The molecule has 0 radical (unpaired) electrons. The zero-order chi connectivity index (χ0) is 13.1. The Labute approximate surface area is 114 Å². The molecule has 3 rings (SSSR count). The van der Waals surface area contributed by atoms with Crippen LogP contribution in [0.15, 0.2) is 18.2 Å². The van der Waals surface area contributed by atoms with E-state index < -0.39 is 0 Å². The van der Waals surface area contributed by atoms with Crippen molar-refractivity contribution in [2.75, 3.05) is 32.8 Å². The summed E-state index contributed by atoms with van der Waals surface area (Å²) in [5.74, 6) is 1.04. The average molecular weight is 257 g/mol. The summed E-state index contributed by atoms with van der Waals surface area (Å²) >= 11 is 0. The van der Waals surface area contributed by atoms with Gasteiger partial charge in [-0.3, -0.25) is 4.90 Å². The van der Waals surface area contributed by atoms with Crippen molar-refractivity contribution in [2.24, 2.45) is 0 Å². The van der Waals surface area contributed by atoms with Gasteiger partial charge in [0.15, 0.2) is 0 Å². The third-order valence-corrected chi connectivity index (χ3v) is 3.94. The number of hydrogen-bond acceptors (Lipinski definition) is 4. The highest BCUT2D eigenvalue weighted by atomic mass is 16.5. The van der Waals surface area contributed by atoms with Crippen LogP contribution in [-0.4, -0.2) is 43.7 Å². The highest BCUT2D eigenvalue weighted by Crippen LogP contribution is 2.26. The Morgan fingerprint density at radius 3 is 3.32 bits per heavy atom. The number of nitriles is 1. The minimum absolute atomic E-state index is 0.0199. The summed E-state index contributed by atoms with van der Waals surface area (Å²) in [4.78, 5) is 2.28. The first-order valence-corrected chi connectivity index (χ1v) is 6.96. The van der Waals surface area contributed by atoms with Crippen LogP contribution in [0.25, 0.3) is 0 Å². The van der Waals surface area contributed by atoms with Gasteiger partial charge in [0.1, 0.15) is 11.8 Å². The predicted molar refractivity (Wildman–Crippen MR) is 73.2 cm³/mol. The molecule has 2 aliphatic rings. The summed E-state index contributed by atoms with van der Waals surface area (Å²) in [5.41, 5.74) is 2.68. The van der Waals surface area contributed by atoms with Crippen molar-refractivity contribution in [3.63, 3.8) is 0 Å². The molecule has 1 fully saturated rings. The molecule has 0 bridgehead atoms. The maximum absolute atomic E-state index is 9.14. The van der Waals surface area contributed by atoms with Crippen LogP contribution in [0.5, 0.6) is 5.75 Å². The molecule has 19 heavy (non-hydrogen) atoms. The molecule has 0 amide bonds. The molecular formula is C15H19N3O. The standard InChI is InChI=1S/C15H19N3O/c16-10-14-11-17-5-7-18(14)6-3-12-1-2-15-13(9-12)4-8-19-15/h1-2,9,14,17H,3-8,11H2. The smallest absolute Gasteiger partial charge is 0.122 e. The summed E-state index contributed by atoms with van der Waals surface area (Å²) in [6, 6.07) is 8.88. The predicted octanol–water partition coefficient (Wildman–Crippen LogP) is 0.961. The Morgan fingerprint density at radius 2 is 2.42 bits per heavy atom. The highest BCUT2D eigenvalue weighted by Gasteiger charge is 2.21. The van der Waals surface area contributed by atoms with Crippen molar-refractivity contribution in [3.05, 3.63) is 29.3 Å². The van der Waals surface area contributed by atoms with Crippen LogP contribution in [0.4, 0.5) is 0 Å². The zero-order valence-electron chi connectivity index (χ0n) is 11.1. The average Bonchev–Trinajstić information content (AvgIpc) is 2.93. The van der Waals surface area contributed by atoms with Gasteiger partial charge in [-0.25, -0.2) is 0 Å². The van der Waals surface area contributed by atoms with Gasteiger partial charge in [0.05, 0.1) is 12.7 Å². The van der Waals surface area contributed by atoms with Crippen LogP contribution >= 0.6 is 0 Å². The maximum Gasteiger partial charge on any atom is 0.122 e. The van der Waals surface area contributed by atoms with Gasteiger partial charge < -0.3 is 10.1 Å². The van der Waals surface area contributed by atoms with Crippen LogP contribution in [0.3, 0.4) is 0 Å². The Bertz CT molecular complexity index is 495. The third-order valence-electron chi connectivity index (χ3n) is 3.94. The van der Waals surface area contributed by atoms with Gasteiger partial charge in [0.2, 0.25) is 0 Å². The number of rotatable bonds is 3. The molecule has 0 saturated carbocycles. The van der Waals surface area contributed by atoms with E-state index in [1.54, 1.807) is 0 Å². The lowest BCUT2D eigenvalue weighted by atomic mass is 10.1. The number of hydrogen-bond donors (Lipinski definition) is 1. The maximum atomic E-state index is 9.14. The van der Waals surface area contributed by atoms with Gasteiger partial charge >= 0.3 is 0 Å². The van der Waals surface area contributed by atoms with E-state index in [-0.39, 0.29) is 6.04 Å². The largest absolute Gasteiger partial charge is 0.493 e. The van der Waals surface area contributed by atoms with Crippen LogP contribution in [0.1, 0.15) is 11.1 Å². The monoisotopic (exact) mass is 257 g/mol. The van der Waals surface area contributed by atoms with Gasteiger partial charge in [0, 0.05) is 32.6 Å². The Kier molecular flexibility index (Phi) is 3.67. The lowest BCUT2D eigenvalue weighted by molar-refractivity contribution is 0.200. The Morgan fingerprint density at radius 1 is 1.47 bits per heavy atom. The first-order chi connectivity index (χ1) is 9.36. The number of nitrogens with one attached hydrogen (secondary N) is 1. The van der Waals surface area contributed by atoms with Crippen LogP contribution in [0.2, 0.25) is 0 Å². The van der Waals surface area contributed by atoms with Gasteiger partial charge in [0.25, 0.3) is 0 Å². The fourth-order valence-corrected chi connectivity index (χ4v) is 2.81. The lowest BCUT2D eigenvalue weighted by Crippen LogP contribution is -2.51. The fraction of sp³-hybridized carbons (Fsp3) is 0.533. The van der Waals surface area contributed by atoms with E-state index in [9.17, 15) is 0 Å². The summed E-state index contributed by atoms with van der Waals surface area (Å²) in [7, 11) is 0. The summed E-state index contributed by atoms with van der Waals surface area (Å²) in [6.07, 6.45) is 2.03. The van der Waals surface area contributed by atoms with Crippen molar-refractivity contribution < 1.29 is 4.74 Å². The number of nitrogens with zero attached hydrogens (tertiary/aromatic N) is 2. The lowest BCUT2D eigenvalue weighted by Gasteiger charge is -2.31. The SMILES string of the molecule is N#CC1CNCCN1CCc1ccc2c(c1)CCO2. The Balaban J connectivity index is 1.61. The third kappa shape index (κ3) is 2.73. The molecule has 1 atom stereocenters. The van der Waals surface area contributed by atoms with E-state index in [2.05, 4.69) is 34.5 Å².